The first-order valence-corrected chi connectivity index (χ1v) is 6.29. The van der Waals surface area contributed by atoms with Gasteiger partial charge >= 0.3 is 0 Å². The summed E-state index contributed by atoms with van der Waals surface area (Å²) >= 11 is 1.95. The Balaban J connectivity index is 2.23. The smallest absolute Gasteiger partial charge is 0.0107 e. The van der Waals surface area contributed by atoms with Crippen molar-refractivity contribution in [3.8, 4) is 0 Å². The van der Waals surface area contributed by atoms with Gasteiger partial charge in [0.2, 0.25) is 0 Å². The third-order valence-corrected chi connectivity index (χ3v) is 4.65. The van der Waals surface area contributed by atoms with Gasteiger partial charge in [0, 0.05) is 10.3 Å². The van der Waals surface area contributed by atoms with Gasteiger partial charge in [-0.25, -0.2) is 0 Å². The molecular formula is C12H18S. The van der Waals surface area contributed by atoms with Gasteiger partial charge in [-0.3, -0.25) is 0 Å². The van der Waals surface area contributed by atoms with Crippen molar-refractivity contribution in [1.82, 2.24) is 0 Å². The molecule has 0 aromatic carbocycles. The lowest BCUT2D eigenvalue weighted by Gasteiger charge is -2.35. The van der Waals surface area contributed by atoms with Crippen LogP contribution in [0.5, 0.6) is 0 Å². The minimum atomic E-state index is 0.562. The first kappa shape index (κ1) is 9.26. The molecule has 0 aliphatic heterocycles. The molecule has 1 aliphatic rings. The summed E-state index contributed by atoms with van der Waals surface area (Å²) in [5.74, 6) is 0. The zero-order valence-corrected chi connectivity index (χ0v) is 9.20. The van der Waals surface area contributed by atoms with Gasteiger partial charge in [0.1, 0.15) is 0 Å². The lowest BCUT2D eigenvalue weighted by Crippen LogP contribution is -2.26. The van der Waals surface area contributed by atoms with Crippen molar-refractivity contribution in [3.63, 3.8) is 0 Å². The number of thiophene rings is 1. The summed E-state index contributed by atoms with van der Waals surface area (Å²) < 4.78 is 0. The van der Waals surface area contributed by atoms with E-state index in [1.165, 1.54) is 38.5 Å². The van der Waals surface area contributed by atoms with Crippen molar-refractivity contribution in [2.24, 2.45) is 0 Å². The Hall–Kier alpha value is -0.300. The van der Waals surface area contributed by atoms with Crippen LogP contribution in [0.4, 0.5) is 0 Å². The lowest BCUT2D eigenvalue weighted by atomic mass is 9.71. The normalized spacial score (nSPS) is 21.6. The van der Waals surface area contributed by atoms with E-state index < -0.39 is 0 Å². The molecule has 2 rings (SSSR count). The SMILES string of the molecule is CCC1(c2cccs2)CCCCC1. The summed E-state index contributed by atoms with van der Waals surface area (Å²) in [6.07, 6.45) is 8.49. The summed E-state index contributed by atoms with van der Waals surface area (Å²) in [5.41, 5.74) is 0.562. The first-order valence-electron chi connectivity index (χ1n) is 5.41. The molecule has 1 aromatic rings. The molecule has 0 nitrogen and oxygen atoms in total. The molecule has 1 heterocycles. The third kappa shape index (κ3) is 1.67. The molecule has 0 amide bonds. The molecule has 0 saturated heterocycles. The van der Waals surface area contributed by atoms with Gasteiger partial charge in [-0.15, -0.1) is 11.3 Å². The first-order chi connectivity index (χ1) is 6.37. The van der Waals surface area contributed by atoms with Crippen LogP contribution in [0.25, 0.3) is 0 Å². The molecule has 1 aromatic heterocycles. The Bertz CT molecular complexity index is 242. The van der Waals surface area contributed by atoms with Crippen LogP contribution in [0.15, 0.2) is 17.5 Å². The van der Waals surface area contributed by atoms with E-state index >= 15 is 0 Å². The summed E-state index contributed by atoms with van der Waals surface area (Å²) in [6, 6.07) is 4.53. The Kier molecular flexibility index (Phi) is 2.73. The van der Waals surface area contributed by atoms with Crippen LogP contribution in [-0.4, -0.2) is 0 Å². The van der Waals surface area contributed by atoms with Crippen molar-refractivity contribution in [2.75, 3.05) is 0 Å². The molecule has 0 N–H and O–H groups in total. The van der Waals surface area contributed by atoms with E-state index in [9.17, 15) is 0 Å². The number of rotatable bonds is 2. The van der Waals surface area contributed by atoms with E-state index in [0.29, 0.717) is 5.41 Å². The van der Waals surface area contributed by atoms with Gasteiger partial charge in [0.05, 0.1) is 0 Å². The molecule has 13 heavy (non-hydrogen) atoms. The summed E-state index contributed by atoms with van der Waals surface area (Å²) in [4.78, 5) is 1.63. The van der Waals surface area contributed by atoms with E-state index in [1.807, 2.05) is 11.3 Å². The average Bonchev–Trinajstić information content (AvgIpc) is 2.72. The van der Waals surface area contributed by atoms with Crippen LogP contribution in [0.3, 0.4) is 0 Å². The fraction of sp³-hybridized carbons (Fsp3) is 0.667. The lowest BCUT2D eigenvalue weighted by molar-refractivity contribution is 0.289. The molecule has 72 valence electrons. The molecule has 1 fully saturated rings. The van der Waals surface area contributed by atoms with Crippen molar-refractivity contribution < 1.29 is 0 Å². The summed E-state index contributed by atoms with van der Waals surface area (Å²) in [7, 11) is 0. The highest BCUT2D eigenvalue weighted by molar-refractivity contribution is 7.10. The summed E-state index contributed by atoms with van der Waals surface area (Å²) in [5, 5.41) is 2.22. The number of hydrogen-bond acceptors (Lipinski definition) is 1. The van der Waals surface area contributed by atoms with Crippen molar-refractivity contribution in [3.05, 3.63) is 22.4 Å². The van der Waals surface area contributed by atoms with Crippen LogP contribution in [0.1, 0.15) is 50.3 Å². The van der Waals surface area contributed by atoms with Gasteiger partial charge in [0.25, 0.3) is 0 Å². The fourth-order valence-electron chi connectivity index (χ4n) is 2.58. The standard InChI is InChI=1S/C12H18S/c1-2-12(8-4-3-5-9-12)11-7-6-10-13-11/h6-7,10H,2-5,8-9H2,1H3. The van der Waals surface area contributed by atoms with Crippen LogP contribution >= 0.6 is 11.3 Å². The molecule has 0 unspecified atom stereocenters. The van der Waals surface area contributed by atoms with E-state index in [-0.39, 0.29) is 0 Å². The van der Waals surface area contributed by atoms with Crippen LogP contribution in [-0.2, 0) is 5.41 Å². The zero-order chi connectivity index (χ0) is 9.15. The highest BCUT2D eigenvalue weighted by atomic mass is 32.1. The molecule has 1 aliphatic carbocycles. The minimum absolute atomic E-state index is 0.562. The fourth-order valence-corrected chi connectivity index (χ4v) is 3.64. The largest absolute Gasteiger partial charge is 0.148 e. The van der Waals surface area contributed by atoms with Crippen LogP contribution < -0.4 is 0 Å². The van der Waals surface area contributed by atoms with Crippen molar-refractivity contribution in [2.45, 2.75) is 50.9 Å². The zero-order valence-electron chi connectivity index (χ0n) is 8.38. The van der Waals surface area contributed by atoms with Gasteiger partial charge < -0.3 is 0 Å². The maximum atomic E-state index is 2.35. The van der Waals surface area contributed by atoms with E-state index in [0.717, 1.165) is 0 Å². The molecule has 0 spiro atoms. The van der Waals surface area contributed by atoms with E-state index in [1.54, 1.807) is 4.88 Å². The maximum Gasteiger partial charge on any atom is 0.0107 e. The van der Waals surface area contributed by atoms with Crippen LogP contribution in [0.2, 0.25) is 0 Å². The highest BCUT2D eigenvalue weighted by Gasteiger charge is 2.32. The minimum Gasteiger partial charge on any atom is -0.148 e. The van der Waals surface area contributed by atoms with Crippen LogP contribution in [0, 0.1) is 0 Å². The second kappa shape index (κ2) is 3.83. The molecule has 0 atom stereocenters. The predicted octanol–water partition coefficient (Wildman–Crippen LogP) is 4.36. The average molecular weight is 194 g/mol. The van der Waals surface area contributed by atoms with E-state index in [4.69, 9.17) is 0 Å². The summed E-state index contributed by atoms with van der Waals surface area (Å²) in [6.45, 7) is 2.35. The van der Waals surface area contributed by atoms with Crippen molar-refractivity contribution >= 4 is 11.3 Å². The number of hydrogen-bond donors (Lipinski definition) is 0. The topological polar surface area (TPSA) is 0 Å². The maximum absolute atomic E-state index is 2.35. The van der Waals surface area contributed by atoms with E-state index in [2.05, 4.69) is 24.4 Å². The predicted molar refractivity (Wildman–Crippen MR) is 59.4 cm³/mol. The molecule has 1 saturated carbocycles. The molecule has 0 radical (unpaired) electrons. The Labute approximate surface area is 85.0 Å². The Morgan fingerprint density at radius 3 is 2.62 bits per heavy atom. The molecule has 1 heteroatoms. The van der Waals surface area contributed by atoms with Gasteiger partial charge in [-0.05, 0) is 30.7 Å². The molecular weight excluding hydrogens is 176 g/mol. The quantitative estimate of drug-likeness (QED) is 0.656. The van der Waals surface area contributed by atoms with Crippen molar-refractivity contribution in [1.29, 1.82) is 0 Å². The monoisotopic (exact) mass is 194 g/mol. The third-order valence-electron chi connectivity index (χ3n) is 3.53. The highest BCUT2D eigenvalue weighted by Crippen LogP contribution is 2.43. The second-order valence-electron chi connectivity index (χ2n) is 4.17. The Morgan fingerprint density at radius 1 is 1.31 bits per heavy atom. The van der Waals surface area contributed by atoms with Gasteiger partial charge in [0.15, 0.2) is 0 Å². The molecule has 0 bridgehead atoms. The van der Waals surface area contributed by atoms with Gasteiger partial charge in [-0.1, -0.05) is 32.3 Å². The van der Waals surface area contributed by atoms with Gasteiger partial charge in [-0.2, -0.15) is 0 Å². The Morgan fingerprint density at radius 2 is 2.08 bits per heavy atom. The second-order valence-corrected chi connectivity index (χ2v) is 5.12.